The first-order valence-corrected chi connectivity index (χ1v) is 3.92. The van der Waals surface area contributed by atoms with Gasteiger partial charge in [-0.05, 0) is 18.1 Å². The van der Waals surface area contributed by atoms with Crippen molar-refractivity contribution in [1.82, 2.24) is 4.98 Å². The average Bonchev–Trinajstić information content (AvgIpc) is 2.44. The lowest BCUT2D eigenvalue weighted by molar-refractivity contribution is 0.555. The fraction of sp³-hybridized carbons (Fsp3) is 0.222. The topological polar surface area (TPSA) is 46.0 Å². The van der Waals surface area contributed by atoms with Crippen molar-refractivity contribution < 1.29 is 4.42 Å². The van der Waals surface area contributed by atoms with Crippen molar-refractivity contribution in [3.8, 4) is 0 Å². The summed E-state index contributed by atoms with van der Waals surface area (Å²) in [7, 11) is 0. The summed E-state index contributed by atoms with van der Waals surface area (Å²) in [4.78, 5) is 13.5. The zero-order valence-electron chi connectivity index (χ0n) is 6.76. The van der Waals surface area contributed by atoms with Crippen LogP contribution in [0.5, 0.6) is 0 Å². The minimum Gasteiger partial charge on any atom is -0.408 e. The van der Waals surface area contributed by atoms with Crippen LogP contribution in [-0.2, 0) is 6.42 Å². The van der Waals surface area contributed by atoms with Crippen molar-refractivity contribution >= 4 is 11.1 Å². The lowest BCUT2D eigenvalue weighted by atomic mass is 10.1. The molecule has 0 amide bonds. The number of aryl methyl sites for hydroxylation is 1. The SMILES string of the molecule is CCc1cccc2oc(=O)[nH]c12. The van der Waals surface area contributed by atoms with Gasteiger partial charge < -0.3 is 4.42 Å². The second kappa shape index (κ2) is 2.52. The molecule has 0 aliphatic carbocycles. The number of aromatic nitrogens is 1. The number of nitrogens with one attached hydrogen (secondary N) is 1. The molecule has 0 radical (unpaired) electrons. The van der Waals surface area contributed by atoms with Gasteiger partial charge >= 0.3 is 5.76 Å². The molecule has 3 heteroatoms. The number of hydrogen-bond acceptors (Lipinski definition) is 2. The lowest BCUT2D eigenvalue weighted by Crippen LogP contribution is -1.94. The average molecular weight is 163 g/mol. The van der Waals surface area contributed by atoms with Crippen LogP contribution in [0.1, 0.15) is 12.5 Å². The molecule has 0 unspecified atom stereocenters. The summed E-state index contributed by atoms with van der Waals surface area (Å²) >= 11 is 0. The van der Waals surface area contributed by atoms with Gasteiger partial charge in [-0.1, -0.05) is 19.1 Å². The first kappa shape index (κ1) is 7.16. The third-order valence-corrected chi connectivity index (χ3v) is 1.92. The highest BCUT2D eigenvalue weighted by Crippen LogP contribution is 2.14. The molecule has 1 heterocycles. The van der Waals surface area contributed by atoms with Crippen LogP contribution < -0.4 is 5.76 Å². The van der Waals surface area contributed by atoms with E-state index >= 15 is 0 Å². The van der Waals surface area contributed by atoms with Gasteiger partial charge in [0.15, 0.2) is 5.58 Å². The van der Waals surface area contributed by atoms with Crippen LogP contribution in [0.25, 0.3) is 11.1 Å². The Morgan fingerprint density at radius 3 is 3.08 bits per heavy atom. The molecule has 0 aliphatic heterocycles. The Labute approximate surface area is 69.0 Å². The Kier molecular flexibility index (Phi) is 1.50. The molecule has 2 rings (SSSR count). The van der Waals surface area contributed by atoms with E-state index in [0.717, 1.165) is 17.5 Å². The number of oxazole rings is 1. The summed E-state index contributed by atoms with van der Waals surface area (Å²) in [6.07, 6.45) is 0.896. The van der Waals surface area contributed by atoms with Crippen LogP contribution in [0.2, 0.25) is 0 Å². The highest BCUT2D eigenvalue weighted by atomic mass is 16.4. The van der Waals surface area contributed by atoms with E-state index in [-0.39, 0.29) is 5.76 Å². The molecule has 1 aromatic carbocycles. The molecular formula is C9H9NO2. The van der Waals surface area contributed by atoms with E-state index in [1.54, 1.807) is 6.07 Å². The number of H-pyrrole nitrogens is 1. The van der Waals surface area contributed by atoms with E-state index in [4.69, 9.17) is 4.42 Å². The summed E-state index contributed by atoms with van der Waals surface area (Å²) in [5.41, 5.74) is 2.57. The van der Waals surface area contributed by atoms with E-state index in [9.17, 15) is 4.79 Å². The molecule has 0 bridgehead atoms. The molecule has 0 aliphatic rings. The summed E-state index contributed by atoms with van der Waals surface area (Å²) in [6, 6.07) is 5.65. The third kappa shape index (κ3) is 0.942. The lowest BCUT2D eigenvalue weighted by Gasteiger charge is -1.94. The summed E-state index contributed by atoms with van der Waals surface area (Å²) in [6.45, 7) is 2.04. The molecule has 0 fully saturated rings. The van der Waals surface area contributed by atoms with Crippen molar-refractivity contribution in [3.63, 3.8) is 0 Å². The van der Waals surface area contributed by atoms with Crippen LogP contribution >= 0.6 is 0 Å². The molecule has 62 valence electrons. The third-order valence-electron chi connectivity index (χ3n) is 1.92. The molecule has 3 nitrogen and oxygen atoms in total. The van der Waals surface area contributed by atoms with E-state index in [0.29, 0.717) is 5.58 Å². The molecule has 2 aromatic rings. The minimum atomic E-state index is -0.383. The minimum absolute atomic E-state index is 0.383. The molecule has 12 heavy (non-hydrogen) atoms. The second-order valence-corrected chi connectivity index (χ2v) is 2.66. The van der Waals surface area contributed by atoms with Gasteiger partial charge in [-0.2, -0.15) is 0 Å². The monoisotopic (exact) mass is 163 g/mol. The Morgan fingerprint density at radius 1 is 1.50 bits per heavy atom. The van der Waals surface area contributed by atoms with E-state index < -0.39 is 0 Å². The van der Waals surface area contributed by atoms with Crippen LogP contribution in [-0.4, -0.2) is 4.98 Å². The summed E-state index contributed by atoms with van der Waals surface area (Å²) in [5, 5.41) is 0. The van der Waals surface area contributed by atoms with Gasteiger partial charge in [0.2, 0.25) is 0 Å². The molecule has 1 N–H and O–H groups in total. The van der Waals surface area contributed by atoms with Crippen molar-refractivity contribution in [3.05, 3.63) is 34.3 Å². The number of fused-ring (bicyclic) bond motifs is 1. The van der Waals surface area contributed by atoms with Gasteiger partial charge in [0.1, 0.15) is 0 Å². The van der Waals surface area contributed by atoms with Gasteiger partial charge in [0, 0.05) is 0 Å². The number of rotatable bonds is 1. The predicted octanol–water partition coefficient (Wildman–Crippen LogP) is 1.68. The van der Waals surface area contributed by atoms with Crippen molar-refractivity contribution in [2.24, 2.45) is 0 Å². The summed E-state index contributed by atoms with van der Waals surface area (Å²) in [5.74, 6) is -0.383. The van der Waals surface area contributed by atoms with Crippen LogP contribution in [0, 0.1) is 0 Å². The number of benzene rings is 1. The van der Waals surface area contributed by atoms with Crippen LogP contribution in [0.15, 0.2) is 27.4 Å². The Morgan fingerprint density at radius 2 is 2.33 bits per heavy atom. The van der Waals surface area contributed by atoms with E-state index in [2.05, 4.69) is 4.98 Å². The smallest absolute Gasteiger partial charge is 0.408 e. The fourth-order valence-corrected chi connectivity index (χ4v) is 1.33. The maximum absolute atomic E-state index is 10.8. The van der Waals surface area contributed by atoms with Crippen molar-refractivity contribution in [2.45, 2.75) is 13.3 Å². The number of para-hydroxylation sites is 1. The quantitative estimate of drug-likeness (QED) is 0.695. The van der Waals surface area contributed by atoms with Crippen molar-refractivity contribution in [1.29, 1.82) is 0 Å². The van der Waals surface area contributed by atoms with Gasteiger partial charge in [-0.25, -0.2) is 4.79 Å². The molecule has 0 spiro atoms. The number of aromatic amines is 1. The number of hydrogen-bond donors (Lipinski definition) is 1. The van der Waals surface area contributed by atoms with Gasteiger partial charge in [0.25, 0.3) is 0 Å². The van der Waals surface area contributed by atoms with Crippen LogP contribution in [0.4, 0.5) is 0 Å². The zero-order chi connectivity index (χ0) is 8.55. The second-order valence-electron chi connectivity index (χ2n) is 2.66. The Bertz CT molecular complexity index is 453. The Hall–Kier alpha value is -1.51. The summed E-state index contributed by atoms with van der Waals surface area (Å²) < 4.78 is 4.90. The Balaban J connectivity index is 2.87. The molecule has 1 aromatic heterocycles. The van der Waals surface area contributed by atoms with Crippen molar-refractivity contribution in [2.75, 3.05) is 0 Å². The predicted molar refractivity (Wildman–Crippen MR) is 46.2 cm³/mol. The van der Waals surface area contributed by atoms with Crippen LogP contribution in [0.3, 0.4) is 0 Å². The first-order chi connectivity index (χ1) is 5.81. The molecular weight excluding hydrogens is 154 g/mol. The van der Waals surface area contributed by atoms with Gasteiger partial charge in [-0.15, -0.1) is 0 Å². The highest BCUT2D eigenvalue weighted by Gasteiger charge is 2.03. The first-order valence-electron chi connectivity index (χ1n) is 3.92. The maximum atomic E-state index is 10.8. The maximum Gasteiger partial charge on any atom is 0.417 e. The fourth-order valence-electron chi connectivity index (χ4n) is 1.33. The molecule has 0 atom stereocenters. The zero-order valence-corrected chi connectivity index (χ0v) is 6.76. The largest absolute Gasteiger partial charge is 0.417 e. The normalized spacial score (nSPS) is 10.8. The molecule has 0 saturated heterocycles. The van der Waals surface area contributed by atoms with E-state index in [1.165, 1.54) is 0 Å². The van der Waals surface area contributed by atoms with E-state index in [1.807, 2.05) is 19.1 Å². The van der Waals surface area contributed by atoms with Gasteiger partial charge in [-0.3, -0.25) is 4.98 Å². The van der Waals surface area contributed by atoms with Gasteiger partial charge in [0.05, 0.1) is 5.52 Å². The highest BCUT2D eigenvalue weighted by molar-refractivity contribution is 5.75. The molecule has 0 saturated carbocycles. The standard InChI is InChI=1S/C9H9NO2/c1-2-6-4-3-5-7-8(6)10-9(11)12-7/h3-5H,2H2,1H3,(H,10,11).